The number of nitriles is 1. The highest BCUT2D eigenvalue weighted by Crippen LogP contribution is 2.34. The van der Waals surface area contributed by atoms with Crippen molar-refractivity contribution in [2.45, 2.75) is 0 Å². The lowest BCUT2D eigenvalue weighted by Gasteiger charge is -2.12. The molecule has 0 bridgehead atoms. The Hall–Kier alpha value is -5.51. The van der Waals surface area contributed by atoms with Gasteiger partial charge < -0.3 is 0 Å². The minimum absolute atomic E-state index is 0.535. The molecule has 7 rings (SSSR count). The molecule has 0 saturated heterocycles. The first kappa shape index (κ1) is 26.4. The van der Waals surface area contributed by atoms with Gasteiger partial charge in [0.15, 0.2) is 17.5 Å². The highest BCUT2D eigenvalue weighted by Gasteiger charge is 2.15. The largest absolute Gasteiger partial charge is 0.256 e. The molecular weight excluding hydrogens is 594 g/mol. The molecule has 0 saturated carbocycles. The summed E-state index contributed by atoms with van der Waals surface area (Å²) in [4.78, 5) is 19.3. The van der Waals surface area contributed by atoms with E-state index in [1.165, 1.54) is 0 Å². The van der Waals surface area contributed by atoms with Gasteiger partial charge in [0, 0.05) is 32.7 Å². The summed E-state index contributed by atoms with van der Waals surface area (Å²) in [6.07, 6.45) is 1.81. The van der Waals surface area contributed by atoms with Crippen molar-refractivity contribution >= 4 is 26.8 Å². The lowest BCUT2D eigenvalue weighted by atomic mass is 9.98. The number of halogens is 1. The first-order valence-electron chi connectivity index (χ1n) is 13.7. The summed E-state index contributed by atoms with van der Waals surface area (Å²) in [5, 5.41) is 10.4. The van der Waals surface area contributed by atoms with Crippen molar-refractivity contribution < 1.29 is 0 Å². The zero-order chi connectivity index (χ0) is 29.2. The Morgan fingerprint density at radius 2 is 1.12 bits per heavy atom. The van der Waals surface area contributed by atoms with Crippen LogP contribution in [0.15, 0.2) is 138 Å². The minimum atomic E-state index is 0.535. The molecule has 7 aromatic rings. The maximum Gasteiger partial charge on any atom is 0.164 e. The van der Waals surface area contributed by atoms with Crippen LogP contribution in [0.25, 0.3) is 67.3 Å². The monoisotopic (exact) mass is 615 g/mol. The first-order valence-corrected chi connectivity index (χ1v) is 14.5. The van der Waals surface area contributed by atoms with E-state index in [1.54, 1.807) is 12.1 Å². The van der Waals surface area contributed by atoms with Crippen molar-refractivity contribution in [1.29, 1.82) is 5.26 Å². The van der Waals surface area contributed by atoms with Gasteiger partial charge in [0.25, 0.3) is 0 Å². The van der Waals surface area contributed by atoms with E-state index in [4.69, 9.17) is 15.0 Å². The van der Waals surface area contributed by atoms with Crippen molar-refractivity contribution in [2.24, 2.45) is 0 Å². The van der Waals surface area contributed by atoms with Crippen LogP contribution in [0.5, 0.6) is 0 Å². The summed E-state index contributed by atoms with van der Waals surface area (Å²) in [5.74, 6) is 1.66. The SMILES string of the molecule is N#Cc1ccc(-c2nc(-c3ccc(-c4ccccc4)cc3)nc(-c3cc(Br)cc(-c4cccc5ncccc45)c3)n2)cc1. The highest BCUT2D eigenvalue weighted by atomic mass is 79.9. The fraction of sp³-hybridized carbons (Fsp3) is 0. The predicted octanol–water partition coefficient (Wildman–Crippen LogP) is 9.39. The molecule has 2 aromatic heterocycles. The molecule has 0 N–H and O–H groups in total. The van der Waals surface area contributed by atoms with Gasteiger partial charge in [0.1, 0.15) is 0 Å². The van der Waals surface area contributed by atoms with Crippen LogP contribution in [0.2, 0.25) is 0 Å². The molecule has 6 heteroatoms. The Kier molecular flexibility index (Phi) is 7.00. The molecule has 2 heterocycles. The zero-order valence-electron chi connectivity index (χ0n) is 22.8. The first-order chi connectivity index (χ1) is 21.1. The van der Waals surface area contributed by atoms with Crippen LogP contribution in [0.1, 0.15) is 5.56 Å². The number of rotatable bonds is 5. The highest BCUT2D eigenvalue weighted by molar-refractivity contribution is 9.10. The van der Waals surface area contributed by atoms with Gasteiger partial charge in [0.05, 0.1) is 17.1 Å². The van der Waals surface area contributed by atoms with E-state index in [2.05, 4.69) is 75.5 Å². The van der Waals surface area contributed by atoms with Gasteiger partial charge in [-0.25, -0.2) is 15.0 Å². The van der Waals surface area contributed by atoms with E-state index in [0.29, 0.717) is 23.0 Å². The second kappa shape index (κ2) is 11.4. The fourth-order valence-electron chi connectivity index (χ4n) is 5.13. The number of nitrogens with zero attached hydrogens (tertiary/aromatic N) is 5. The van der Waals surface area contributed by atoms with E-state index >= 15 is 0 Å². The van der Waals surface area contributed by atoms with Crippen LogP contribution in [0.3, 0.4) is 0 Å². The van der Waals surface area contributed by atoms with Crippen molar-refractivity contribution in [3.63, 3.8) is 0 Å². The molecule has 0 unspecified atom stereocenters. The van der Waals surface area contributed by atoms with Gasteiger partial charge in [-0.1, -0.05) is 88.7 Å². The van der Waals surface area contributed by atoms with Crippen LogP contribution in [0, 0.1) is 11.3 Å². The zero-order valence-corrected chi connectivity index (χ0v) is 24.4. The Balaban J connectivity index is 1.37. The smallest absolute Gasteiger partial charge is 0.164 e. The minimum Gasteiger partial charge on any atom is -0.256 e. The summed E-state index contributed by atoms with van der Waals surface area (Å²) in [6.45, 7) is 0. The second-order valence-corrected chi connectivity index (χ2v) is 11.0. The third-order valence-electron chi connectivity index (χ3n) is 7.27. The molecule has 0 radical (unpaired) electrons. The second-order valence-electron chi connectivity index (χ2n) is 10.0. The van der Waals surface area contributed by atoms with Crippen LogP contribution in [-0.4, -0.2) is 19.9 Å². The van der Waals surface area contributed by atoms with Crippen molar-refractivity contribution in [3.05, 3.63) is 144 Å². The van der Waals surface area contributed by atoms with E-state index in [9.17, 15) is 5.26 Å². The molecule has 0 aliphatic rings. The molecule has 202 valence electrons. The average molecular weight is 617 g/mol. The van der Waals surface area contributed by atoms with Gasteiger partial charge in [-0.15, -0.1) is 0 Å². The fourth-order valence-corrected chi connectivity index (χ4v) is 5.62. The molecule has 5 aromatic carbocycles. The van der Waals surface area contributed by atoms with Gasteiger partial charge >= 0.3 is 0 Å². The van der Waals surface area contributed by atoms with Gasteiger partial charge in [-0.2, -0.15) is 5.26 Å². The number of hydrogen-bond donors (Lipinski definition) is 0. The van der Waals surface area contributed by atoms with Crippen LogP contribution in [0.4, 0.5) is 0 Å². The van der Waals surface area contributed by atoms with Gasteiger partial charge in [-0.05, 0) is 76.9 Å². The summed E-state index contributed by atoms with van der Waals surface area (Å²) in [5.41, 5.74) is 8.42. The Bertz CT molecular complexity index is 2130. The van der Waals surface area contributed by atoms with Crippen molar-refractivity contribution in [3.8, 4) is 62.5 Å². The van der Waals surface area contributed by atoms with E-state index in [-0.39, 0.29) is 0 Å². The lowest BCUT2D eigenvalue weighted by Crippen LogP contribution is -2.00. The van der Waals surface area contributed by atoms with Crippen LogP contribution < -0.4 is 0 Å². The maximum absolute atomic E-state index is 9.30. The quantitative estimate of drug-likeness (QED) is 0.193. The molecule has 5 nitrogen and oxygen atoms in total. The Morgan fingerprint density at radius 3 is 1.81 bits per heavy atom. The molecule has 0 spiro atoms. The number of hydrogen-bond acceptors (Lipinski definition) is 5. The molecule has 0 fully saturated rings. The van der Waals surface area contributed by atoms with E-state index in [0.717, 1.165) is 54.3 Å². The molecule has 0 amide bonds. The topological polar surface area (TPSA) is 75.3 Å². The number of benzene rings is 5. The van der Waals surface area contributed by atoms with E-state index < -0.39 is 0 Å². The molecule has 0 aliphatic heterocycles. The standard InChI is InChI=1S/C37H22BrN5/c38-31-21-29(32-8-4-10-34-33(32)9-5-19-40-34)20-30(22-31)37-42-35(27-13-11-24(23-39)12-14-27)41-36(43-37)28-17-15-26(16-18-28)25-6-2-1-3-7-25/h1-22H. The van der Waals surface area contributed by atoms with Crippen LogP contribution in [-0.2, 0) is 0 Å². The number of pyridine rings is 1. The molecule has 0 aliphatic carbocycles. The Labute approximate surface area is 257 Å². The van der Waals surface area contributed by atoms with E-state index in [1.807, 2.05) is 72.9 Å². The summed E-state index contributed by atoms with van der Waals surface area (Å²) in [6, 6.07) is 44.4. The van der Waals surface area contributed by atoms with Crippen LogP contribution >= 0.6 is 15.9 Å². The normalized spacial score (nSPS) is 10.9. The average Bonchev–Trinajstić information content (AvgIpc) is 3.08. The van der Waals surface area contributed by atoms with Gasteiger partial charge in [-0.3, -0.25) is 4.98 Å². The number of aromatic nitrogens is 4. The number of fused-ring (bicyclic) bond motifs is 1. The predicted molar refractivity (Wildman–Crippen MR) is 175 cm³/mol. The summed E-state index contributed by atoms with van der Waals surface area (Å²) in [7, 11) is 0. The lowest BCUT2D eigenvalue weighted by molar-refractivity contribution is 1.07. The third-order valence-corrected chi connectivity index (χ3v) is 7.73. The molecule has 0 atom stereocenters. The Morgan fingerprint density at radius 1 is 0.512 bits per heavy atom. The third kappa shape index (κ3) is 5.42. The van der Waals surface area contributed by atoms with Crippen molar-refractivity contribution in [2.75, 3.05) is 0 Å². The van der Waals surface area contributed by atoms with Gasteiger partial charge in [0.2, 0.25) is 0 Å². The summed E-state index contributed by atoms with van der Waals surface area (Å²) < 4.78 is 0.912. The van der Waals surface area contributed by atoms with Crippen molar-refractivity contribution in [1.82, 2.24) is 19.9 Å². The molecule has 43 heavy (non-hydrogen) atoms. The maximum atomic E-state index is 9.30. The molecular formula is C37H22BrN5. The summed E-state index contributed by atoms with van der Waals surface area (Å²) >= 11 is 3.73.